The summed E-state index contributed by atoms with van der Waals surface area (Å²) >= 11 is 0. The van der Waals surface area contributed by atoms with Gasteiger partial charge in [0.15, 0.2) is 6.10 Å². The van der Waals surface area contributed by atoms with E-state index in [1.807, 2.05) is 0 Å². The van der Waals surface area contributed by atoms with E-state index < -0.39 is 71.0 Å². The highest BCUT2D eigenvalue weighted by molar-refractivity contribution is 5.73. The van der Waals surface area contributed by atoms with Gasteiger partial charge in [0.25, 0.3) is 11.1 Å². The lowest BCUT2D eigenvalue weighted by Gasteiger charge is -2.22. The Kier molecular flexibility index (Phi) is 6.06. The number of aromatic amines is 1. The summed E-state index contributed by atoms with van der Waals surface area (Å²) in [7, 11) is 0. The molecular weight excluding hydrogens is 436 g/mol. The van der Waals surface area contributed by atoms with Crippen LogP contribution in [0.25, 0.3) is 11.2 Å². The summed E-state index contributed by atoms with van der Waals surface area (Å²) in [5.41, 5.74) is 3.94. The Labute approximate surface area is 177 Å². The second kappa shape index (κ2) is 8.58. The number of nitrogens with one attached hydrogen (secondary N) is 1. The molecule has 0 aliphatic carbocycles. The van der Waals surface area contributed by atoms with E-state index in [2.05, 4.69) is 15.0 Å². The number of aromatic nitrogens is 4. The maximum Gasteiger partial charge on any atom is 0.439 e. The average Bonchev–Trinajstić information content (AvgIpc) is 3.18. The van der Waals surface area contributed by atoms with Gasteiger partial charge in [0.05, 0.1) is 0 Å². The fraction of sp³-hybridized carbons (Fsp3) is 0.500. The summed E-state index contributed by atoms with van der Waals surface area (Å²) in [6.45, 7) is 2.84. The van der Waals surface area contributed by atoms with Crippen LogP contribution in [0.4, 0.5) is 11.9 Å². The van der Waals surface area contributed by atoms with Gasteiger partial charge in [-0.25, -0.2) is 0 Å². The molecular formula is C16H18N6O10. The summed E-state index contributed by atoms with van der Waals surface area (Å²) in [6.07, 6.45) is -5.50. The molecule has 3 N–H and O–H groups in total. The van der Waals surface area contributed by atoms with Crippen molar-refractivity contribution in [3.63, 3.8) is 0 Å². The first-order valence-electron chi connectivity index (χ1n) is 9.05. The first kappa shape index (κ1) is 22.6. The van der Waals surface area contributed by atoms with Gasteiger partial charge in [-0.05, 0) is 4.92 Å². The van der Waals surface area contributed by atoms with Crippen LogP contribution in [0.15, 0.2) is 4.79 Å². The number of H-pyrrole nitrogens is 1. The number of ether oxygens (including phenoxy) is 4. The van der Waals surface area contributed by atoms with Gasteiger partial charge in [0.1, 0.15) is 12.7 Å². The number of imidazole rings is 1. The number of carbonyl (C=O) groups excluding carboxylic acids is 3. The van der Waals surface area contributed by atoms with Crippen molar-refractivity contribution in [1.29, 1.82) is 0 Å². The Bertz CT molecular complexity index is 1160. The fourth-order valence-corrected chi connectivity index (χ4v) is 3.25. The highest BCUT2D eigenvalue weighted by Crippen LogP contribution is 2.38. The summed E-state index contributed by atoms with van der Waals surface area (Å²) < 4.78 is 21.9. The zero-order chi connectivity index (χ0) is 23.7. The molecule has 172 valence electrons. The van der Waals surface area contributed by atoms with Crippen molar-refractivity contribution in [3.05, 3.63) is 20.5 Å². The number of esters is 3. The lowest BCUT2D eigenvalue weighted by molar-refractivity contribution is -0.398. The maximum atomic E-state index is 12.2. The third-order valence-electron chi connectivity index (χ3n) is 4.31. The van der Waals surface area contributed by atoms with Gasteiger partial charge in [-0.15, -0.1) is 0 Å². The average molecular weight is 454 g/mol. The predicted molar refractivity (Wildman–Crippen MR) is 101 cm³/mol. The molecule has 0 spiro atoms. The molecule has 16 nitrogen and oxygen atoms in total. The Morgan fingerprint density at radius 1 is 1.16 bits per heavy atom. The Hall–Kier alpha value is -4.08. The molecule has 3 rings (SSSR count). The Morgan fingerprint density at radius 3 is 2.34 bits per heavy atom. The van der Waals surface area contributed by atoms with Crippen LogP contribution in [0.3, 0.4) is 0 Å². The van der Waals surface area contributed by atoms with Crippen LogP contribution < -0.4 is 11.3 Å². The van der Waals surface area contributed by atoms with Crippen LogP contribution in [0.1, 0.15) is 27.0 Å². The fourth-order valence-electron chi connectivity index (χ4n) is 3.25. The second-order valence-electron chi connectivity index (χ2n) is 6.68. The molecule has 1 fully saturated rings. The van der Waals surface area contributed by atoms with Crippen molar-refractivity contribution in [2.75, 3.05) is 12.3 Å². The van der Waals surface area contributed by atoms with Crippen LogP contribution in [0.5, 0.6) is 0 Å². The van der Waals surface area contributed by atoms with Crippen LogP contribution in [0, 0.1) is 10.1 Å². The van der Waals surface area contributed by atoms with Crippen molar-refractivity contribution in [1.82, 2.24) is 19.5 Å². The molecule has 1 aliphatic heterocycles. The van der Waals surface area contributed by atoms with E-state index in [-0.39, 0.29) is 11.6 Å². The largest absolute Gasteiger partial charge is 0.463 e. The minimum absolute atomic E-state index is 0.338. The number of nitrogens with two attached hydrogens (primary N) is 1. The Balaban J connectivity index is 2.20. The number of hydrogen-bond acceptors (Lipinski definition) is 13. The minimum atomic E-state index is -1.54. The van der Waals surface area contributed by atoms with E-state index in [4.69, 9.17) is 24.7 Å². The Morgan fingerprint density at radius 2 is 1.78 bits per heavy atom. The number of fused-ring (bicyclic) bond motifs is 1. The molecule has 1 aliphatic rings. The van der Waals surface area contributed by atoms with Gasteiger partial charge in [-0.1, -0.05) is 4.98 Å². The molecule has 2 aromatic heterocycles. The molecule has 4 atom stereocenters. The molecule has 2 aromatic rings. The number of hydrogen-bond donors (Lipinski definition) is 2. The summed E-state index contributed by atoms with van der Waals surface area (Å²) in [4.78, 5) is 67.3. The van der Waals surface area contributed by atoms with Gasteiger partial charge in [-0.3, -0.25) is 24.2 Å². The zero-order valence-electron chi connectivity index (χ0n) is 17.0. The van der Waals surface area contributed by atoms with Crippen molar-refractivity contribution < 1.29 is 38.3 Å². The maximum absolute atomic E-state index is 12.2. The molecule has 3 heterocycles. The molecule has 32 heavy (non-hydrogen) atoms. The van der Waals surface area contributed by atoms with Crippen LogP contribution in [-0.2, 0) is 33.3 Å². The molecule has 0 radical (unpaired) electrons. The second-order valence-corrected chi connectivity index (χ2v) is 6.68. The molecule has 0 saturated carbocycles. The van der Waals surface area contributed by atoms with Crippen LogP contribution >= 0.6 is 0 Å². The highest BCUT2D eigenvalue weighted by Gasteiger charge is 2.54. The highest BCUT2D eigenvalue weighted by atomic mass is 16.7. The normalized spacial score (nSPS) is 22.5. The summed E-state index contributed by atoms with van der Waals surface area (Å²) in [5, 5.41) is 11.7. The lowest BCUT2D eigenvalue weighted by atomic mass is 10.1. The third-order valence-corrected chi connectivity index (χ3v) is 4.31. The van der Waals surface area contributed by atoms with Gasteiger partial charge < -0.3 is 34.8 Å². The van der Waals surface area contributed by atoms with E-state index in [9.17, 15) is 29.3 Å². The van der Waals surface area contributed by atoms with Crippen molar-refractivity contribution in [2.45, 2.75) is 45.3 Å². The van der Waals surface area contributed by atoms with Gasteiger partial charge in [0, 0.05) is 20.8 Å². The first-order chi connectivity index (χ1) is 15.0. The molecule has 0 amide bonds. The topological polar surface area (TPSA) is 221 Å². The number of nitrogen functional groups attached to an aromatic ring is 1. The number of anilines is 1. The van der Waals surface area contributed by atoms with Crippen molar-refractivity contribution in [3.8, 4) is 0 Å². The van der Waals surface area contributed by atoms with Crippen LogP contribution in [0.2, 0.25) is 0 Å². The molecule has 16 heteroatoms. The number of nitro groups is 1. The molecule has 0 bridgehead atoms. The molecule has 0 unspecified atom stereocenters. The summed E-state index contributed by atoms with van der Waals surface area (Å²) in [6, 6.07) is 0. The lowest BCUT2D eigenvalue weighted by Crippen LogP contribution is -2.40. The SMILES string of the molecule is CC(=O)OC[C@H]1O[C@@H](n2c([N+](=O)[O-])nc3c(=O)[nH]c(N)nc32)[C@H](OC(C)=O)[C@@H]1OC(C)=O. The van der Waals surface area contributed by atoms with Crippen molar-refractivity contribution in [2.24, 2.45) is 0 Å². The standard InChI is InChI=1S/C16H18N6O10/c1-5(23)29-4-8-10(30-6(2)24)11(31-7(3)25)14(32-8)21-12-9(18-16(21)22(27)28)13(26)20-15(17)19-12/h8,10-11,14H,4H2,1-3H3,(H3,17,19,20,26)/t8-,10-,11-,14-/m1/s1. The molecule has 0 aromatic carbocycles. The van der Waals surface area contributed by atoms with E-state index in [0.717, 1.165) is 25.3 Å². The smallest absolute Gasteiger partial charge is 0.439 e. The first-order valence-corrected chi connectivity index (χ1v) is 9.05. The third kappa shape index (κ3) is 4.34. The van der Waals surface area contributed by atoms with Gasteiger partial charge in [0.2, 0.25) is 23.9 Å². The quantitative estimate of drug-likeness (QED) is 0.230. The van der Waals surface area contributed by atoms with Gasteiger partial charge >= 0.3 is 23.9 Å². The number of rotatable bonds is 6. The van der Waals surface area contributed by atoms with E-state index in [0.29, 0.717) is 0 Å². The van der Waals surface area contributed by atoms with E-state index in [1.54, 1.807) is 0 Å². The monoisotopic (exact) mass is 454 g/mol. The zero-order valence-corrected chi connectivity index (χ0v) is 17.0. The molecule has 1 saturated heterocycles. The van der Waals surface area contributed by atoms with Gasteiger partial charge in [-0.2, -0.15) is 9.55 Å². The predicted octanol–water partition coefficient (Wildman–Crippen LogP) is -1.07. The summed E-state index contributed by atoms with van der Waals surface area (Å²) in [5.74, 6) is -3.53. The van der Waals surface area contributed by atoms with E-state index in [1.165, 1.54) is 0 Å². The number of nitrogens with zero attached hydrogens (tertiary/aromatic N) is 4. The van der Waals surface area contributed by atoms with Crippen molar-refractivity contribution >= 4 is 41.0 Å². The number of carbonyl (C=O) groups is 3. The minimum Gasteiger partial charge on any atom is -0.463 e. The van der Waals surface area contributed by atoms with E-state index >= 15 is 0 Å². The van der Waals surface area contributed by atoms with Crippen LogP contribution in [-0.4, -0.2) is 67.3 Å².